The number of aliphatic imine (C=N–C) groups is 1. The number of benzene rings is 2. The molecule has 144 valence electrons. The molecule has 6 nitrogen and oxygen atoms in total. The van der Waals surface area contributed by atoms with E-state index in [9.17, 15) is 10.1 Å². The van der Waals surface area contributed by atoms with Gasteiger partial charge in [0.1, 0.15) is 0 Å². The van der Waals surface area contributed by atoms with Crippen molar-refractivity contribution in [1.29, 1.82) is 0 Å². The topological polar surface area (TPSA) is 73.3 Å². The molecule has 0 aliphatic carbocycles. The molecule has 6 heteroatoms. The van der Waals surface area contributed by atoms with Crippen molar-refractivity contribution in [2.24, 2.45) is 4.99 Å². The summed E-state index contributed by atoms with van der Waals surface area (Å²) in [6, 6.07) is 12.6. The summed E-state index contributed by atoms with van der Waals surface area (Å²) >= 11 is 0. The number of nitro groups is 1. The fourth-order valence-electron chi connectivity index (χ4n) is 3.18. The van der Waals surface area contributed by atoms with Gasteiger partial charge in [-0.3, -0.25) is 19.7 Å². The monoisotopic (exact) mass is 376 g/mol. The van der Waals surface area contributed by atoms with Crippen molar-refractivity contribution in [3.63, 3.8) is 0 Å². The molecule has 0 aliphatic rings. The highest BCUT2D eigenvalue weighted by Crippen LogP contribution is 2.31. The Kier molecular flexibility index (Phi) is 5.68. The zero-order valence-corrected chi connectivity index (χ0v) is 16.5. The molecular weight excluding hydrogens is 352 g/mol. The smallest absolute Gasteiger partial charge is 0.269 e. The number of para-hydroxylation sites is 1. The molecule has 0 aliphatic heterocycles. The molecule has 0 saturated heterocycles. The third kappa shape index (κ3) is 4.01. The summed E-state index contributed by atoms with van der Waals surface area (Å²) in [5, 5.41) is 10.8. The molecule has 0 unspecified atom stereocenters. The van der Waals surface area contributed by atoms with E-state index in [1.54, 1.807) is 24.5 Å². The second kappa shape index (κ2) is 8.17. The van der Waals surface area contributed by atoms with E-state index in [0.717, 1.165) is 5.69 Å². The summed E-state index contributed by atoms with van der Waals surface area (Å²) in [7, 11) is 0. The number of hydrogen-bond donors (Lipinski definition) is 0. The molecule has 0 radical (unpaired) electrons. The standard InChI is InChI=1S/C22H24N4O2/c1-15(2)19-6-5-7-20(16(3)4)22(19)25-13-12-23-21(25)14-24-17-8-10-18(11-9-17)26(27)28/h5-16H,1-4H3. The lowest BCUT2D eigenvalue weighted by molar-refractivity contribution is -0.384. The second-order valence-electron chi connectivity index (χ2n) is 7.28. The SMILES string of the molecule is CC(C)c1cccc(C(C)C)c1-n1ccnc1C=Nc1ccc([N+](=O)[O-])cc1. The van der Waals surface area contributed by atoms with Gasteiger partial charge in [0, 0.05) is 24.5 Å². The normalized spacial score (nSPS) is 11.6. The number of non-ortho nitro benzene ring substituents is 1. The Morgan fingerprint density at radius 3 is 2.18 bits per heavy atom. The highest BCUT2D eigenvalue weighted by atomic mass is 16.6. The molecule has 0 atom stereocenters. The molecule has 0 N–H and O–H groups in total. The van der Waals surface area contributed by atoms with Crippen LogP contribution in [0.3, 0.4) is 0 Å². The number of hydrogen-bond acceptors (Lipinski definition) is 4. The van der Waals surface area contributed by atoms with Crippen molar-refractivity contribution in [3.05, 3.63) is 81.9 Å². The Balaban J connectivity index is 2.02. The number of nitrogens with zero attached hydrogens (tertiary/aromatic N) is 4. The maximum Gasteiger partial charge on any atom is 0.269 e. The molecule has 1 aromatic heterocycles. The second-order valence-corrected chi connectivity index (χ2v) is 7.28. The summed E-state index contributed by atoms with van der Waals surface area (Å²) in [5.74, 6) is 1.46. The van der Waals surface area contributed by atoms with Gasteiger partial charge in [-0.25, -0.2) is 4.98 Å². The van der Waals surface area contributed by atoms with E-state index in [4.69, 9.17) is 0 Å². The van der Waals surface area contributed by atoms with E-state index in [1.165, 1.54) is 23.3 Å². The van der Waals surface area contributed by atoms with Crippen molar-refractivity contribution in [1.82, 2.24) is 9.55 Å². The van der Waals surface area contributed by atoms with Gasteiger partial charge in [-0.2, -0.15) is 0 Å². The number of imidazole rings is 1. The predicted octanol–water partition coefficient (Wildman–Crippen LogP) is 5.78. The van der Waals surface area contributed by atoms with Gasteiger partial charge < -0.3 is 0 Å². The van der Waals surface area contributed by atoms with Crippen LogP contribution < -0.4 is 0 Å². The van der Waals surface area contributed by atoms with E-state index in [-0.39, 0.29) is 5.69 Å². The third-order valence-electron chi connectivity index (χ3n) is 4.64. The highest BCUT2D eigenvalue weighted by Gasteiger charge is 2.17. The van der Waals surface area contributed by atoms with Crippen molar-refractivity contribution < 1.29 is 4.92 Å². The van der Waals surface area contributed by atoms with Crippen molar-refractivity contribution >= 4 is 17.6 Å². The molecule has 2 aromatic carbocycles. The Hall–Kier alpha value is -3.28. The summed E-state index contributed by atoms with van der Waals surface area (Å²) in [4.78, 5) is 19.3. The minimum Gasteiger partial charge on any atom is -0.298 e. The van der Waals surface area contributed by atoms with Crippen LogP contribution in [0.2, 0.25) is 0 Å². The largest absolute Gasteiger partial charge is 0.298 e. The van der Waals surface area contributed by atoms with E-state index < -0.39 is 4.92 Å². The van der Waals surface area contributed by atoms with Gasteiger partial charge in [0.25, 0.3) is 5.69 Å². The fraction of sp³-hybridized carbons (Fsp3) is 0.273. The molecule has 0 fully saturated rings. The Labute approximate surface area is 164 Å². The minimum absolute atomic E-state index is 0.0490. The van der Waals surface area contributed by atoms with Crippen LogP contribution in [0.1, 0.15) is 56.5 Å². The average Bonchev–Trinajstić information content (AvgIpc) is 3.14. The first kappa shape index (κ1) is 19.5. The number of aromatic nitrogens is 2. The van der Waals surface area contributed by atoms with Gasteiger partial charge in [0.15, 0.2) is 5.82 Å². The average molecular weight is 376 g/mol. The summed E-state index contributed by atoms with van der Waals surface area (Å²) in [6.07, 6.45) is 5.41. The van der Waals surface area contributed by atoms with E-state index in [2.05, 4.69) is 60.4 Å². The summed E-state index contributed by atoms with van der Waals surface area (Å²) in [6.45, 7) is 8.74. The van der Waals surface area contributed by atoms with E-state index >= 15 is 0 Å². The lowest BCUT2D eigenvalue weighted by Crippen LogP contribution is -2.09. The van der Waals surface area contributed by atoms with Gasteiger partial charge >= 0.3 is 0 Å². The Morgan fingerprint density at radius 2 is 1.64 bits per heavy atom. The zero-order chi connectivity index (χ0) is 20.3. The van der Waals surface area contributed by atoms with Crippen LogP contribution in [-0.4, -0.2) is 20.7 Å². The summed E-state index contributed by atoms with van der Waals surface area (Å²) < 4.78 is 2.07. The molecule has 0 bridgehead atoms. The summed E-state index contributed by atoms with van der Waals surface area (Å²) in [5.41, 5.74) is 4.35. The first-order chi connectivity index (χ1) is 13.4. The van der Waals surface area contributed by atoms with Gasteiger partial charge in [0.05, 0.1) is 22.5 Å². The predicted molar refractivity (Wildman–Crippen MR) is 112 cm³/mol. The van der Waals surface area contributed by atoms with Crippen LogP contribution >= 0.6 is 0 Å². The zero-order valence-electron chi connectivity index (χ0n) is 16.5. The van der Waals surface area contributed by atoms with Crippen LogP contribution in [0.25, 0.3) is 5.69 Å². The molecule has 1 heterocycles. The third-order valence-corrected chi connectivity index (χ3v) is 4.64. The van der Waals surface area contributed by atoms with Gasteiger partial charge in [-0.1, -0.05) is 45.9 Å². The first-order valence-electron chi connectivity index (χ1n) is 9.33. The van der Waals surface area contributed by atoms with Crippen LogP contribution in [0.15, 0.2) is 59.9 Å². The Bertz CT molecular complexity index is 975. The molecule has 0 spiro atoms. The van der Waals surface area contributed by atoms with E-state index in [0.29, 0.717) is 23.3 Å². The van der Waals surface area contributed by atoms with Crippen LogP contribution in [0, 0.1) is 10.1 Å². The Morgan fingerprint density at radius 1 is 1.04 bits per heavy atom. The maximum absolute atomic E-state index is 10.8. The maximum atomic E-state index is 10.8. The van der Waals surface area contributed by atoms with E-state index in [1.807, 2.05) is 6.20 Å². The number of nitro benzene ring substituents is 1. The van der Waals surface area contributed by atoms with Gasteiger partial charge in [-0.05, 0) is 35.1 Å². The molecule has 0 saturated carbocycles. The lowest BCUT2D eigenvalue weighted by Gasteiger charge is -2.21. The lowest BCUT2D eigenvalue weighted by atomic mass is 9.92. The first-order valence-corrected chi connectivity index (χ1v) is 9.33. The molecule has 0 amide bonds. The van der Waals surface area contributed by atoms with Gasteiger partial charge in [0.2, 0.25) is 0 Å². The van der Waals surface area contributed by atoms with Crippen LogP contribution in [-0.2, 0) is 0 Å². The quantitative estimate of drug-likeness (QED) is 0.311. The van der Waals surface area contributed by atoms with Gasteiger partial charge in [-0.15, -0.1) is 0 Å². The highest BCUT2D eigenvalue weighted by molar-refractivity contribution is 5.79. The van der Waals surface area contributed by atoms with Crippen LogP contribution in [0.5, 0.6) is 0 Å². The fourth-order valence-corrected chi connectivity index (χ4v) is 3.18. The molecule has 28 heavy (non-hydrogen) atoms. The molecular formula is C22H24N4O2. The van der Waals surface area contributed by atoms with Crippen molar-refractivity contribution in [2.75, 3.05) is 0 Å². The number of rotatable bonds is 6. The van der Waals surface area contributed by atoms with Crippen molar-refractivity contribution in [3.8, 4) is 5.69 Å². The van der Waals surface area contributed by atoms with Crippen LogP contribution in [0.4, 0.5) is 11.4 Å². The van der Waals surface area contributed by atoms with Crippen molar-refractivity contribution in [2.45, 2.75) is 39.5 Å². The minimum atomic E-state index is -0.420. The molecule has 3 rings (SSSR count). The molecule has 3 aromatic rings.